The predicted molar refractivity (Wildman–Crippen MR) is 48.8 cm³/mol. The van der Waals surface area contributed by atoms with Crippen LogP contribution in [0.25, 0.3) is 0 Å². The van der Waals surface area contributed by atoms with Gasteiger partial charge < -0.3 is 9.88 Å². The molecule has 1 heterocycles. The molecule has 68 valence electrons. The maximum atomic E-state index is 10.5. The highest BCUT2D eigenvalue weighted by Gasteiger charge is 1.90. The van der Waals surface area contributed by atoms with Crippen molar-refractivity contribution in [2.24, 2.45) is 7.05 Å². The molecule has 0 spiro atoms. The second kappa shape index (κ2) is 4.31. The third-order valence-electron chi connectivity index (χ3n) is 1.45. The molecule has 0 aliphatic carbocycles. The van der Waals surface area contributed by atoms with Gasteiger partial charge >= 0.3 is 0 Å². The van der Waals surface area contributed by atoms with E-state index in [-0.39, 0.29) is 5.91 Å². The quantitative estimate of drug-likeness (QED) is 0.609. The molecule has 1 aromatic heterocycles. The zero-order valence-electron chi connectivity index (χ0n) is 7.66. The number of rotatable bonds is 1. The van der Waals surface area contributed by atoms with Gasteiger partial charge in [-0.05, 0) is 5.92 Å². The van der Waals surface area contributed by atoms with Gasteiger partial charge in [-0.1, -0.05) is 5.92 Å². The van der Waals surface area contributed by atoms with Crippen LogP contribution < -0.4 is 5.32 Å². The molecule has 0 aromatic carbocycles. The number of carbonyl (C=O) groups is 1. The highest BCUT2D eigenvalue weighted by atomic mass is 16.1. The van der Waals surface area contributed by atoms with Gasteiger partial charge in [-0.25, -0.2) is 4.98 Å². The number of nitrogens with one attached hydrogen (secondary N) is 1. The van der Waals surface area contributed by atoms with Crippen molar-refractivity contribution in [2.45, 2.75) is 6.92 Å². The molecule has 0 aliphatic heterocycles. The van der Waals surface area contributed by atoms with Crippen LogP contribution in [-0.2, 0) is 11.8 Å². The van der Waals surface area contributed by atoms with E-state index in [1.807, 2.05) is 17.8 Å². The van der Waals surface area contributed by atoms with Gasteiger partial charge in [-0.3, -0.25) is 4.79 Å². The number of carbonyl (C=O) groups excluding carboxylic acids is 1. The molecule has 1 N–H and O–H groups in total. The van der Waals surface area contributed by atoms with Gasteiger partial charge in [0.1, 0.15) is 0 Å². The Labute approximate surface area is 77.0 Å². The molecule has 4 heteroatoms. The first kappa shape index (κ1) is 9.33. The predicted octanol–water partition coefficient (Wildman–Crippen LogP) is -0.0923. The minimum absolute atomic E-state index is 0.0749. The normalized spacial score (nSPS) is 8.77. The second-order valence-corrected chi connectivity index (χ2v) is 2.57. The van der Waals surface area contributed by atoms with E-state index in [9.17, 15) is 4.79 Å². The maximum absolute atomic E-state index is 10.5. The van der Waals surface area contributed by atoms with Gasteiger partial charge in [0.25, 0.3) is 0 Å². The van der Waals surface area contributed by atoms with Gasteiger partial charge in [-0.15, -0.1) is 0 Å². The molecule has 1 rings (SSSR count). The van der Waals surface area contributed by atoms with E-state index < -0.39 is 0 Å². The van der Waals surface area contributed by atoms with Crippen molar-refractivity contribution in [3.63, 3.8) is 0 Å². The SMILES string of the molecule is CC(=O)NCC#Cc1nccn1C. The van der Waals surface area contributed by atoms with Crippen LogP contribution in [0.4, 0.5) is 0 Å². The number of amides is 1. The first-order chi connectivity index (χ1) is 6.20. The van der Waals surface area contributed by atoms with Crippen molar-refractivity contribution < 1.29 is 4.79 Å². The summed E-state index contributed by atoms with van der Waals surface area (Å²) in [6.07, 6.45) is 3.50. The standard InChI is InChI=1S/C9H11N3O/c1-8(13)10-5-3-4-9-11-6-7-12(9)2/h6-7H,5H2,1-2H3,(H,10,13). The summed E-state index contributed by atoms with van der Waals surface area (Å²) >= 11 is 0. The summed E-state index contributed by atoms with van der Waals surface area (Å²) in [5, 5.41) is 2.58. The minimum Gasteiger partial charge on any atom is -0.345 e. The Balaban J connectivity index is 2.49. The van der Waals surface area contributed by atoms with Gasteiger partial charge in [-0.2, -0.15) is 0 Å². The molecule has 0 fully saturated rings. The topological polar surface area (TPSA) is 46.9 Å². The smallest absolute Gasteiger partial charge is 0.217 e. The van der Waals surface area contributed by atoms with Crippen LogP contribution in [0.5, 0.6) is 0 Å². The maximum Gasteiger partial charge on any atom is 0.217 e. The first-order valence-corrected chi connectivity index (χ1v) is 3.91. The van der Waals surface area contributed by atoms with Crippen LogP contribution in [0.15, 0.2) is 12.4 Å². The lowest BCUT2D eigenvalue weighted by Gasteiger charge is -1.92. The highest BCUT2D eigenvalue weighted by molar-refractivity contribution is 5.73. The highest BCUT2D eigenvalue weighted by Crippen LogP contribution is 1.89. The molecular formula is C9H11N3O. The molecule has 0 bridgehead atoms. The lowest BCUT2D eigenvalue weighted by atomic mass is 10.5. The van der Waals surface area contributed by atoms with Crippen LogP contribution in [0.3, 0.4) is 0 Å². The Bertz CT molecular complexity index is 356. The van der Waals surface area contributed by atoms with Crippen LogP contribution >= 0.6 is 0 Å². The third-order valence-corrected chi connectivity index (χ3v) is 1.45. The monoisotopic (exact) mass is 177 g/mol. The minimum atomic E-state index is -0.0749. The largest absolute Gasteiger partial charge is 0.345 e. The average molecular weight is 177 g/mol. The molecule has 0 saturated heterocycles. The summed E-state index contributed by atoms with van der Waals surface area (Å²) in [5.41, 5.74) is 0. The lowest BCUT2D eigenvalue weighted by Crippen LogP contribution is -2.19. The van der Waals surface area contributed by atoms with Crippen molar-refractivity contribution >= 4 is 5.91 Å². The van der Waals surface area contributed by atoms with Gasteiger partial charge in [0.05, 0.1) is 6.54 Å². The van der Waals surface area contributed by atoms with E-state index in [2.05, 4.69) is 22.1 Å². The Morgan fingerprint density at radius 2 is 2.54 bits per heavy atom. The second-order valence-electron chi connectivity index (χ2n) is 2.57. The number of hydrogen-bond acceptors (Lipinski definition) is 2. The van der Waals surface area contributed by atoms with E-state index in [0.29, 0.717) is 12.4 Å². The number of nitrogens with zero attached hydrogens (tertiary/aromatic N) is 2. The number of aryl methyl sites for hydroxylation is 1. The van der Waals surface area contributed by atoms with E-state index in [1.54, 1.807) is 6.20 Å². The molecule has 0 unspecified atom stereocenters. The van der Waals surface area contributed by atoms with Gasteiger partial charge in [0.15, 0.2) is 5.82 Å². The van der Waals surface area contributed by atoms with E-state index in [0.717, 1.165) is 0 Å². The van der Waals surface area contributed by atoms with Crippen LogP contribution in [-0.4, -0.2) is 22.0 Å². The third kappa shape index (κ3) is 2.99. The zero-order valence-corrected chi connectivity index (χ0v) is 7.66. The molecule has 0 saturated carbocycles. The fourth-order valence-corrected chi connectivity index (χ4v) is 0.778. The van der Waals surface area contributed by atoms with Gasteiger partial charge in [0.2, 0.25) is 5.91 Å². The first-order valence-electron chi connectivity index (χ1n) is 3.91. The van der Waals surface area contributed by atoms with E-state index >= 15 is 0 Å². The van der Waals surface area contributed by atoms with E-state index in [4.69, 9.17) is 0 Å². The number of hydrogen-bond donors (Lipinski definition) is 1. The fourth-order valence-electron chi connectivity index (χ4n) is 0.778. The molecule has 0 aliphatic rings. The molecule has 0 atom stereocenters. The lowest BCUT2D eigenvalue weighted by molar-refractivity contribution is -0.118. The summed E-state index contributed by atoms with van der Waals surface area (Å²) in [7, 11) is 1.87. The van der Waals surface area contributed by atoms with Gasteiger partial charge in [0, 0.05) is 26.4 Å². The summed E-state index contributed by atoms with van der Waals surface area (Å²) in [5.74, 6) is 6.25. The van der Waals surface area contributed by atoms with E-state index in [1.165, 1.54) is 6.92 Å². The molecule has 1 aromatic rings. The molecule has 1 amide bonds. The summed E-state index contributed by atoms with van der Waals surface area (Å²) in [4.78, 5) is 14.5. The summed E-state index contributed by atoms with van der Waals surface area (Å²) < 4.78 is 1.82. The van der Waals surface area contributed by atoms with Crippen molar-refractivity contribution in [1.29, 1.82) is 0 Å². The average Bonchev–Trinajstić information content (AvgIpc) is 2.45. The zero-order chi connectivity index (χ0) is 9.68. The van der Waals surface area contributed by atoms with Crippen LogP contribution in [0.1, 0.15) is 12.7 Å². The summed E-state index contributed by atoms with van der Waals surface area (Å²) in [6.45, 7) is 1.82. The van der Waals surface area contributed by atoms with Crippen molar-refractivity contribution in [3.8, 4) is 11.8 Å². The Kier molecular flexibility index (Phi) is 3.09. The Hall–Kier alpha value is -1.76. The van der Waals surface area contributed by atoms with Crippen molar-refractivity contribution in [2.75, 3.05) is 6.54 Å². The number of imidazole rings is 1. The Morgan fingerprint density at radius 1 is 1.77 bits per heavy atom. The molecule has 13 heavy (non-hydrogen) atoms. The number of aromatic nitrogens is 2. The van der Waals surface area contributed by atoms with Crippen LogP contribution in [0.2, 0.25) is 0 Å². The Morgan fingerprint density at radius 3 is 3.08 bits per heavy atom. The van der Waals surface area contributed by atoms with Crippen molar-refractivity contribution in [1.82, 2.24) is 14.9 Å². The van der Waals surface area contributed by atoms with Crippen LogP contribution in [0, 0.1) is 11.8 Å². The van der Waals surface area contributed by atoms with Crippen molar-refractivity contribution in [3.05, 3.63) is 18.2 Å². The molecule has 4 nitrogen and oxygen atoms in total. The fraction of sp³-hybridized carbons (Fsp3) is 0.333. The molecule has 0 radical (unpaired) electrons. The summed E-state index contributed by atoms with van der Waals surface area (Å²) in [6, 6.07) is 0. The molecular weight excluding hydrogens is 166 g/mol.